The van der Waals surface area contributed by atoms with Crippen LogP contribution >= 0.6 is 11.3 Å². The molecule has 0 aliphatic carbocycles. The molecule has 1 fully saturated rings. The van der Waals surface area contributed by atoms with Crippen LogP contribution < -0.4 is 20.5 Å². The van der Waals surface area contributed by atoms with E-state index in [0.717, 1.165) is 29.5 Å². The molecule has 0 atom stereocenters. The van der Waals surface area contributed by atoms with Crippen LogP contribution in [0.2, 0.25) is 0 Å². The quantitative estimate of drug-likeness (QED) is 0.421. The summed E-state index contributed by atoms with van der Waals surface area (Å²) in [7, 11) is 1.24. The monoisotopic (exact) mass is 483 g/mol. The number of fused-ring (bicyclic) bond motifs is 2. The maximum atomic E-state index is 15.8. The van der Waals surface area contributed by atoms with Crippen molar-refractivity contribution in [3.63, 3.8) is 0 Å². The van der Waals surface area contributed by atoms with Crippen molar-refractivity contribution < 1.29 is 31.4 Å². The second-order valence-corrected chi connectivity index (χ2v) is 8.28. The molecule has 4 aromatic rings. The highest BCUT2D eigenvalue weighted by Crippen LogP contribution is 2.45. The first kappa shape index (κ1) is 21.5. The zero-order chi connectivity index (χ0) is 23.5. The van der Waals surface area contributed by atoms with Gasteiger partial charge in [-0.2, -0.15) is 23.1 Å². The number of hydrogen-bond donors (Lipinski definition) is 2. The summed E-state index contributed by atoms with van der Waals surface area (Å²) in [5.41, 5.74) is 2.62. The average molecular weight is 483 g/mol. The van der Waals surface area contributed by atoms with E-state index in [4.69, 9.17) is 15.2 Å². The molecule has 0 amide bonds. The molecule has 2 aromatic carbocycles. The largest absolute Gasteiger partial charge is 0.471 e. The summed E-state index contributed by atoms with van der Waals surface area (Å²) in [5, 5.41) is 2.62. The minimum absolute atomic E-state index is 0.0695. The minimum Gasteiger partial charge on any atom is -0.471 e. The van der Waals surface area contributed by atoms with E-state index in [-0.39, 0.29) is 44.3 Å². The van der Waals surface area contributed by atoms with E-state index < -0.39 is 34.5 Å². The van der Waals surface area contributed by atoms with E-state index in [1.54, 1.807) is 0 Å². The number of thiazole rings is 1. The van der Waals surface area contributed by atoms with Gasteiger partial charge in [-0.1, -0.05) is 11.3 Å². The maximum absolute atomic E-state index is 15.8. The van der Waals surface area contributed by atoms with Gasteiger partial charge in [0.15, 0.2) is 10.9 Å². The van der Waals surface area contributed by atoms with Gasteiger partial charge in [-0.25, -0.2) is 13.8 Å². The van der Waals surface area contributed by atoms with Crippen LogP contribution in [0, 0.1) is 11.6 Å². The molecular weight excluding hydrogens is 469 g/mol. The molecule has 33 heavy (non-hydrogen) atoms. The van der Waals surface area contributed by atoms with Gasteiger partial charge in [-0.05, 0) is 18.2 Å². The molecule has 0 spiro atoms. The van der Waals surface area contributed by atoms with Crippen molar-refractivity contribution in [1.29, 1.82) is 0 Å². The van der Waals surface area contributed by atoms with Crippen molar-refractivity contribution in [3.8, 4) is 23.0 Å². The number of benzene rings is 2. The summed E-state index contributed by atoms with van der Waals surface area (Å²) in [6.45, 7) is 0.915. The molecule has 3 heterocycles. The maximum Gasteiger partial charge on any atom is 0.417 e. The zero-order valence-electron chi connectivity index (χ0n) is 16.8. The number of nitrogens with one attached hydrogen (secondary N) is 1. The van der Waals surface area contributed by atoms with Crippen LogP contribution in [-0.2, 0) is 6.18 Å². The highest BCUT2D eigenvalue weighted by Gasteiger charge is 2.38. The minimum atomic E-state index is -4.97. The predicted octanol–water partition coefficient (Wildman–Crippen LogP) is 4.14. The Bertz CT molecular complexity index is 1400. The normalized spacial score (nSPS) is 14.6. The number of halogens is 5. The van der Waals surface area contributed by atoms with Crippen molar-refractivity contribution >= 4 is 37.6 Å². The predicted molar refractivity (Wildman–Crippen MR) is 111 cm³/mol. The second kappa shape index (κ2) is 7.63. The van der Waals surface area contributed by atoms with Gasteiger partial charge < -0.3 is 20.5 Å². The summed E-state index contributed by atoms with van der Waals surface area (Å²) in [6, 6.07) is 2.42. The number of alkyl halides is 3. The van der Waals surface area contributed by atoms with E-state index >= 15 is 4.39 Å². The first-order valence-electron chi connectivity index (χ1n) is 9.55. The van der Waals surface area contributed by atoms with Crippen molar-refractivity contribution in [3.05, 3.63) is 35.4 Å². The highest BCUT2D eigenvalue weighted by molar-refractivity contribution is 7.22. The van der Waals surface area contributed by atoms with Gasteiger partial charge in [0.25, 0.3) is 0 Å². The zero-order valence-corrected chi connectivity index (χ0v) is 17.6. The molecule has 3 N–H and O–H groups in total. The van der Waals surface area contributed by atoms with Gasteiger partial charge in [0.1, 0.15) is 17.4 Å². The van der Waals surface area contributed by atoms with E-state index in [2.05, 4.69) is 20.3 Å². The van der Waals surface area contributed by atoms with Crippen LogP contribution in [0.25, 0.3) is 32.2 Å². The van der Waals surface area contributed by atoms with Crippen LogP contribution in [0.1, 0.15) is 5.56 Å². The third kappa shape index (κ3) is 3.56. The molecular formula is C20H14F5N5O2S. The van der Waals surface area contributed by atoms with Crippen LogP contribution in [0.15, 0.2) is 18.2 Å². The van der Waals surface area contributed by atoms with Gasteiger partial charge in [-0.15, -0.1) is 0 Å². The van der Waals surface area contributed by atoms with Crippen molar-refractivity contribution in [2.75, 3.05) is 25.9 Å². The van der Waals surface area contributed by atoms with Crippen LogP contribution in [0.4, 0.5) is 27.1 Å². The molecule has 7 nitrogen and oxygen atoms in total. The van der Waals surface area contributed by atoms with Gasteiger partial charge in [0.05, 0.1) is 28.3 Å². The van der Waals surface area contributed by atoms with E-state index in [0.29, 0.717) is 13.1 Å². The third-order valence-corrected chi connectivity index (χ3v) is 6.06. The topological polar surface area (TPSA) is 95.2 Å². The molecule has 1 saturated heterocycles. The molecule has 13 heteroatoms. The highest BCUT2D eigenvalue weighted by atomic mass is 32.1. The van der Waals surface area contributed by atoms with Gasteiger partial charge >= 0.3 is 12.2 Å². The first-order valence-corrected chi connectivity index (χ1v) is 10.4. The summed E-state index contributed by atoms with van der Waals surface area (Å²) in [4.78, 5) is 11.8. The standard InChI is InChI=1S/C20H14F5N5O2S/c1-31-19-29-14-9(17(30-19)32-7-5-27-6-7)4-10(20(23,24)25)12(13(14)22)8-2-3-11(21)16-15(8)28-18(26)33-16/h2-4,7,27H,5-6H2,1H3,(H2,26,28). The van der Waals surface area contributed by atoms with Gasteiger partial charge in [0, 0.05) is 24.2 Å². The van der Waals surface area contributed by atoms with Crippen LogP contribution in [0.3, 0.4) is 0 Å². The Hall–Kier alpha value is -3.32. The number of hydrogen-bond acceptors (Lipinski definition) is 8. The van der Waals surface area contributed by atoms with Crippen molar-refractivity contribution in [2.24, 2.45) is 0 Å². The number of anilines is 1. The molecule has 0 bridgehead atoms. The number of aromatic nitrogens is 3. The Morgan fingerprint density at radius 1 is 1.12 bits per heavy atom. The molecule has 0 unspecified atom stereocenters. The molecule has 0 radical (unpaired) electrons. The van der Waals surface area contributed by atoms with Crippen LogP contribution in [-0.4, -0.2) is 41.3 Å². The number of methoxy groups -OCH3 is 1. The number of nitrogens with two attached hydrogens (primary N) is 1. The lowest BCUT2D eigenvalue weighted by atomic mass is 9.95. The summed E-state index contributed by atoms with van der Waals surface area (Å²) < 4.78 is 83.1. The number of nitrogen functional groups attached to an aromatic ring is 1. The van der Waals surface area contributed by atoms with Crippen molar-refractivity contribution in [2.45, 2.75) is 12.3 Å². The van der Waals surface area contributed by atoms with Gasteiger partial charge in [0.2, 0.25) is 5.88 Å². The molecule has 1 aliphatic heterocycles. The Balaban J connectivity index is 1.86. The summed E-state index contributed by atoms with van der Waals surface area (Å²) in [5.74, 6) is -2.26. The Labute approximate surface area is 186 Å². The Kier molecular flexibility index (Phi) is 4.97. The number of rotatable bonds is 4. The lowest BCUT2D eigenvalue weighted by molar-refractivity contribution is -0.137. The molecule has 5 rings (SSSR count). The Morgan fingerprint density at radius 2 is 1.88 bits per heavy atom. The molecule has 2 aromatic heterocycles. The third-order valence-electron chi connectivity index (χ3n) is 5.17. The smallest absolute Gasteiger partial charge is 0.417 e. The van der Waals surface area contributed by atoms with Gasteiger partial charge in [-0.3, -0.25) is 0 Å². The fourth-order valence-corrected chi connectivity index (χ4v) is 4.31. The number of nitrogens with zero attached hydrogens (tertiary/aromatic N) is 3. The summed E-state index contributed by atoms with van der Waals surface area (Å²) in [6.07, 6.45) is -5.32. The lowest BCUT2D eigenvalue weighted by Gasteiger charge is -2.28. The van der Waals surface area contributed by atoms with E-state index in [9.17, 15) is 17.6 Å². The molecule has 172 valence electrons. The van der Waals surface area contributed by atoms with E-state index in [1.807, 2.05) is 0 Å². The molecule has 0 saturated carbocycles. The second-order valence-electron chi connectivity index (χ2n) is 7.25. The summed E-state index contributed by atoms with van der Waals surface area (Å²) >= 11 is 0.751. The fraction of sp³-hybridized carbons (Fsp3) is 0.250. The van der Waals surface area contributed by atoms with Crippen LogP contribution in [0.5, 0.6) is 11.9 Å². The first-order chi connectivity index (χ1) is 15.7. The molecule has 1 aliphatic rings. The fourth-order valence-electron chi connectivity index (χ4n) is 3.55. The lowest BCUT2D eigenvalue weighted by Crippen LogP contribution is -2.50. The van der Waals surface area contributed by atoms with E-state index in [1.165, 1.54) is 7.11 Å². The SMILES string of the molecule is COc1nc(OC2CNC2)c2cc(C(F)(F)F)c(-c3ccc(F)c4sc(N)nc34)c(F)c2n1. The van der Waals surface area contributed by atoms with Crippen molar-refractivity contribution in [1.82, 2.24) is 20.3 Å². The number of ether oxygens (including phenoxy) is 2. The Morgan fingerprint density at radius 3 is 2.52 bits per heavy atom. The average Bonchev–Trinajstić information content (AvgIpc) is 3.13.